The van der Waals surface area contributed by atoms with Gasteiger partial charge >= 0.3 is 0 Å². The molecule has 0 aliphatic heterocycles. The zero-order chi connectivity index (χ0) is 6.98. The first-order chi connectivity index (χ1) is 4.73. The lowest BCUT2D eigenvalue weighted by molar-refractivity contribution is -0.140. The lowest BCUT2D eigenvalue weighted by Gasteiger charge is -2.62. The summed E-state index contributed by atoms with van der Waals surface area (Å²) in [7, 11) is 0. The summed E-state index contributed by atoms with van der Waals surface area (Å²) < 4.78 is 0. The lowest BCUT2D eigenvalue weighted by atomic mass is 9.42. The Hall–Kier alpha value is 0. The zero-order valence-electron chi connectivity index (χ0n) is 6.98. The third-order valence-electron chi connectivity index (χ3n) is 4.89. The molecular formula is C10H16. The fourth-order valence-electron chi connectivity index (χ4n) is 4.31. The van der Waals surface area contributed by atoms with E-state index in [1.54, 1.807) is 19.3 Å². The van der Waals surface area contributed by atoms with E-state index in [0.29, 0.717) is 0 Å². The molecule has 3 aliphatic rings. The van der Waals surface area contributed by atoms with Crippen LogP contribution in [0, 0.1) is 22.7 Å². The van der Waals surface area contributed by atoms with Crippen molar-refractivity contribution in [1.29, 1.82) is 0 Å². The Kier molecular flexibility index (Phi) is 0.669. The van der Waals surface area contributed by atoms with Crippen molar-refractivity contribution in [1.82, 2.24) is 0 Å². The summed E-state index contributed by atoms with van der Waals surface area (Å²) in [6.07, 6.45) is 6.18. The molecule has 4 unspecified atom stereocenters. The van der Waals surface area contributed by atoms with Crippen LogP contribution in [0.1, 0.15) is 39.5 Å². The standard InChI is InChI=1S/C10H16/c1-3-7-4-9(2)5-8-6-10(7,8)9/h7-8H,3-6H2,1-2H3. The van der Waals surface area contributed by atoms with Crippen molar-refractivity contribution < 1.29 is 0 Å². The Labute approximate surface area is 63.0 Å². The van der Waals surface area contributed by atoms with Crippen LogP contribution >= 0.6 is 0 Å². The molecule has 3 aliphatic carbocycles. The summed E-state index contributed by atoms with van der Waals surface area (Å²) >= 11 is 0. The minimum atomic E-state index is 0.846. The van der Waals surface area contributed by atoms with Crippen molar-refractivity contribution in [2.45, 2.75) is 39.5 Å². The van der Waals surface area contributed by atoms with Crippen LogP contribution in [0.2, 0.25) is 0 Å². The second kappa shape index (κ2) is 1.19. The van der Waals surface area contributed by atoms with E-state index in [1.807, 2.05) is 0 Å². The molecule has 56 valence electrons. The van der Waals surface area contributed by atoms with E-state index in [-0.39, 0.29) is 0 Å². The van der Waals surface area contributed by atoms with Crippen molar-refractivity contribution >= 4 is 0 Å². The van der Waals surface area contributed by atoms with Gasteiger partial charge in [-0.3, -0.25) is 0 Å². The maximum atomic E-state index is 2.52. The summed E-state index contributed by atoms with van der Waals surface area (Å²) in [6.45, 7) is 4.88. The van der Waals surface area contributed by atoms with E-state index >= 15 is 0 Å². The average Bonchev–Trinajstić information content (AvgIpc) is 2.59. The molecule has 3 fully saturated rings. The molecule has 0 aromatic rings. The van der Waals surface area contributed by atoms with E-state index in [1.165, 1.54) is 12.3 Å². The second-order valence-electron chi connectivity index (χ2n) is 5.02. The Morgan fingerprint density at radius 3 is 2.40 bits per heavy atom. The fraction of sp³-hybridized carbons (Fsp3) is 1.00. The highest BCUT2D eigenvalue weighted by atomic mass is 14.9. The van der Waals surface area contributed by atoms with Crippen LogP contribution in [0.25, 0.3) is 0 Å². The van der Waals surface area contributed by atoms with Crippen LogP contribution in [0.3, 0.4) is 0 Å². The molecule has 0 aromatic heterocycles. The molecule has 0 heterocycles. The van der Waals surface area contributed by atoms with E-state index in [4.69, 9.17) is 0 Å². The topological polar surface area (TPSA) is 0 Å². The molecule has 0 aromatic carbocycles. The van der Waals surface area contributed by atoms with E-state index in [2.05, 4.69) is 13.8 Å². The smallest absolute Gasteiger partial charge is 0.0183 e. The minimum absolute atomic E-state index is 0.846. The molecule has 3 saturated carbocycles. The van der Waals surface area contributed by atoms with Gasteiger partial charge in [-0.05, 0) is 41.9 Å². The molecule has 1 spiro atoms. The van der Waals surface area contributed by atoms with Gasteiger partial charge in [0.15, 0.2) is 0 Å². The van der Waals surface area contributed by atoms with E-state index in [0.717, 1.165) is 16.7 Å². The molecule has 0 radical (unpaired) electrons. The summed E-state index contributed by atoms with van der Waals surface area (Å²) in [5.41, 5.74) is 1.78. The molecule has 0 amide bonds. The third kappa shape index (κ3) is 0.302. The number of hydrogen-bond donors (Lipinski definition) is 0. The maximum absolute atomic E-state index is 2.52. The molecule has 0 heteroatoms. The highest BCUT2D eigenvalue weighted by Crippen LogP contribution is 2.89. The Morgan fingerprint density at radius 2 is 2.10 bits per heavy atom. The van der Waals surface area contributed by atoms with Crippen LogP contribution in [0.5, 0.6) is 0 Å². The average molecular weight is 136 g/mol. The molecular weight excluding hydrogens is 120 g/mol. The first-order valence-corrected chi connectivity index (χ1v) is 4.73. The van der Waals surface area contributed by atoms with Crippen molar-refractivity contribution in [3.63, 3.8) is 0 Å². The van der Waals surface area contributed by atoms with Crippen molar-refractivity contribution in [3.8, 4) is 0 Å². The number of rotatable bonds is 1. The summed E-state index contributed by atoms with van der Waals surface area (Å²) in [5, 5.41) is 0. The highest BCUT2D eigenvalue weighted by Gasteiger charge is 2.82. The number of hydrogen-bond acceptors (Lipinski definition) is 0. The van der Waals surface area contributed by atoms with Crippen LogP contribution in [0.4, 0.5) is 0 Å². The highest BCUT2D eigenvalue weighted by molar-refractivity contribution is 5.30. The molecule has 3 rings (SSSR count). The quantitative estimate of drug-likeness (QED) is 0.520. The van der Waals surface area contributed by atoms with Gasteiger partial charge in [0.1, 0.15) is 0 Å². The first-order valence-electron chi connectivity index (χ1n) is 4.73. The monoisotopic (exact) mass is 136 g/mol. The van der Waals surface area contributed by atoms with Gasteiger partial charge in [0.2, 0.25) is 0 Å². The summed E-state index contributed by atoms with van der Waals surface area (Å²) in [4.78, 5) is 0. The Bertz CT molecular complexity index is 196. The summed E-state index contributed by atoms with van der Waals surface area (Å²) in [5.74, 6) is 2.33. The van der Waals surface area contributed by atoms with Gasteiger partial charge < -0.3 is 0 Å². The van der Waals surface area contributed by atoms with Crippen molar-refractivity contribution in [2.24, 2.45) is 22.7 Å². The molecule has 0 saturated heterocycles. The predicted octanol–water partition coefficient (Wildman–Crippen LogP) is 2.83. The third-order valence-corrected chi connectivity index (χ3v) is 4.89. The largest absolute Gasteiger partial charge is 0.0651 e. The molecule has 10 heavy (non-hydrogen) atoms. The summed E-state index contributed by atoms with van der Waals surface area (Å²) in [6, 6.07) is 0. The normalized spacial score (nSPS) is 69.0. The van der Waals surface area contributed by atoms with Gasteiger partial charge in [0.05, 0.1) is 0 Å². The second-order valence-corrected chi connectivity index (χ2v) is 5.02. The van der Waals surface area contributed by atoms with Crippen LogP contribution in [-0.2, 0) is 0 Å². The van der Waals surface area contributed by atoms with Crippen molar-refractivity contribution in [3.05, 3.63) is 0 Å². The fourth-order valence-corrected chi connectivity index (χ4v) is 4.31. The van der Waals surface area contributed by atoms with Crippen LogP contribution in [0.15, 0.2) is 0 Å². The first kappa shape index (κ1) is 5.62. The molecule has 0 N–H and O–H groups in total. The zero-order valence-corrected chi connectivity index (χ0v) is 6.98. The van der Waals surface area contributed by atoms with Crippen LogP contribution < -0.4 is 0 Å². The van der Waals surface area contributed by atoms with Crippen LogP contribution in [-0.4, -0.2) is 0 Å². The SMILES string of the molecule is CCC1CC2(C)CC3CC132. The Morgan fingerprint density at radius 1 is 1.30 bits per heavy atom. The minimum Gasteiger partial charge on any atom is -0.0651 e. The predicted molar refractivity (Wildman–Crippen MR) is 41.7 cm³/mol. The lowest BCUT2D eigenvalue weighted by Crippen LogP contribution is -2.55. The van der Waals surface area contributed by atoms with Gasteiger partial charge in [-0.25, -0.2) is 0 Å². The van der Waals surface area contributed by atoms with Gasteiger partial charge in [0, 0.05) is 0 Å². The molecule has 0 bridgehead atoms. The van der Waals surface area contributed by atoms with Crippen molar-refractivity contribution in [2.75, 3.05) is 0 Å². The molecule has 4 atom stereocenters. The van der Waals surface area contributed by atoms with Gasteiger partial charge in [0.25, 0.3) is 0 Å². The molecule has 0 nitrogen and oxygen atoms in total. The van der Waals surface area contributed by atoms with Gasteiger partial charge in [-0.15, -0.1) is 0 Å². The van der Waals surface area contributed by atoms with Gasteiger partial charge in [-0.1, -0.05) is 20.3 Å². The van der Waals surface area contributed by atoms with E-state index < -0.39 is 0 Å². The maximum Gasteiger partial charge on any atom is -0.0183 e. The van der Waals surface area contributed by atoms with Gasteiger partial charge in [-0.2, -0.15) is 0 Å². The Balaban J connectivity index is 1.91. The van der Waals surface area contributed by atoms with E-state index in [9.17, 15) is 0 Å².